The molecule has 2 heterocycles. The third-order valence-corrected chi connectivity index (χ3v) is 5.52. The van der Waals surface area contributed by atoms with E-state index >= 15 is 0 Å². The van der Waals surface area contributed by atoms with Crippen molar-refractivity contribution < 1.29 is 4.79 Å². The van der Waals surface area contributed by atoms with Gasteiger partial charge >= 0.3 is 0 Å². The monoisotopic (exact) mass is 292 g/mol. The van der Waals surface area contributed by atoms with Crippen LogP contribution in [0.15, 0.2) is 16.8 Å². The molecule has 1 aliphatic heterocycles. The molecule has 0 bridgehead atoms. The molecule has 1 aliphatic carbocycles. The fourth-order valence-corrected chi connectivity index (χ4v) is 4.03. The lowest BCUT2D eigenvalue weighted by Gasteiger charge is -2.39. The number of nitrogens with one attached hydrogen (secondary N) is 1. The van der Waals surface area contributed by atoms with E-state index < -0.39 is 0 Å². The van der Waals surface area contributed by atoms with Gasteiger partial charge in [-0.05, 0) is 60.9 Å². The van der Waals surface area contributed by atoms with Crippen molar-refractivity contribution in [3.05, 3.63) is 22.4 Å². The second-order valence-corrected chi connectivity index (χ2v) is 7.76. The smallest absolute Gasteiger partial charge is 0.242 e. The molecule has 2 fully saturated rings. The Bertz CT molecular complexity index is 491. The van der Waals surface area contributed by atoms with Crippen LogP contribution >= 0.6 is 11.3 Å². The number of hydrogen-bond donors (Lipinski definition) is 1. The zero-order chi connectivity index (χ0) is 14.5. The van der Waals surface area contributed by atoms with Crippen LogP contribution in [0.3, 0.4) is 0 Å². The Hall–Kier alpha value is -0.870. The Balaban J connectivity index is 1.96. The molecule has 1 amide bonds. The molecule has 0 radical (unpaired) electrons. The average Bonchev–Trinajstić information content (AvgIpc) is 2.98. The lowest BCUT2D eigenvalue weighted by molar-refractivity contribution is -0.136. The van der Waals surface area contributed by atoms with Gasteiger partial charge in [0.05, 0.1) is 6.04 Å². The Morgan fingerprint density at radius 2 is 2.10 bits per heavy atom. The van der Waals surface area contributed by atoms with Gasteiger partial charge in [-0.2, -0.15) is 11.3 Å². The molecular formula is C16H24N2OS. The van der Waals surface area contributed by atoms with Crippen LogP contribution in [0.4, 0.5) is 0 Å². The highest BCUT2D eigenvalue weighted by Gasteiger charge is 2.52. The number of thiophene rings is 1. The minimum absolute atomic E-state index is 0.0387. The Morgan fingerprint density at radius 3 is 2.60 bits per heavy atom. The maximum atomic E-state index is 12.9. The molecule has 0 aromatic carbocycles. The first kappa shape index (κ1) is 14.1. The van der Waals surface area contributed by atoms with E-state index in [0.29, 0.717) is 11.8 Å². The lowest BCUT2D eigenvalue weighted by Crippen LogP contribution is -2.49. The third-order valence-electron chi connectivity index (χ3n) is 4.82. The van der Waals surface area contributed by atoms with Gasteiger partial charge in [0, 0.05) is 5.54 Å². The molecule has 2 aliphatic rings. The van der Waals surface area contributed by atoms with E-state index in [0.717, 1.165) is 0 Å². The first-order valence-electron chi connectivity index (χ1n) is 7.54. The maximum Gasteiger partial charge on any atom is 0.242 e. The average molecular weight is 292 g/mol. The predicted molar refractivity (Wildman–Crippen MR) is 82.5 cm³/mol. The van der Waals surface area contributed by atoms with Crippen LogP contribution in [0, 0.1) is 11.8 Å². The van der Waals surface area contributed by atoms with Gasteiger partial charge in [-0.1, -0.05) is 13.8 Å². The van der Waals surface area contributed by atoms with Gasteiger partial charge in [0.2, 0.25) is 5.91 Å². The zero-order valence-corrected chi connectivity index (χ0v) is 13.5. The van der Waals surface area contributed by atoms with Gasteiger partial charge in [0.1, 0.15) is 6.17 Å². The normalized spacial score (nSPS) is 27.6. The van der Waals surface area contributed by atoms with E-state index in [4.69, 9.17) is 0 Å². The summed E-state index contributed by atoms with van der Waals surface area (Å²) < 4.78 is 0. The van der Waals surface area contributed by atoms with Gasteiger partial charge in [-0.3, -0.25) is 10.1 Å². The van der Waals surface area contributed by atoms with Crippen LogP contribution in [0.1, 0.15) is 52.3 Å². The second-order valence-electron chi connectivity index (χ2n) is 6.98. The van der Waals surface area contributed by atoms with Crippen LogP contribution in [0.2, 0.25) is 0 Å². The molecule has 3 nitrogen and oxygen atoms in total. The maximum absolute atomic E-state index is 12.9. The van der Waals surface area contributed by atoms with Crippen molar-refractivity contribution in [2.75, 3.05) is 0 Å². The van der Waals surface area contributed by atoms with Crippen molar-refractivity contribution in [3.63, 3.8) is 0 Å². The lowest BCUT2D eigenvalue weighted by atomic mass is 9.94. The number of nitrogens with zero attached hydrogens (tertiary/aromatic N) is 1. The highest BCUT2D eigenvalue weighted by molar-refractivity contribution is 7.07. The summed E-state index contributed by atoms with van der Waals surface area (Å²) >= 11 is 1.70. The highest BCUT2D eigenvalue weighted by Crippen LogP contribution is 2.47. The van der Waals surface area contributed by atoms with Crippen molar-refractivity contribution in [2.45, 2.75) is 58.3 Å². The summed E-state index contributed by atoms with van der Waals surface area (Å²) in [5.74, 6) is 1.25. The number of hydrogen-bond acceptors (Lipinski definition) is 3. The molecule has 1 saturated heterocycles. The zero-order valence-electron chi connectivity index (χ0n) is 12.7. The summed E-state index contributed by atoms with van der Waals surface area (Å²) in [5.41, 5.74) is 1.17. The van der Waals surface area contributed by atoms with Crippen molar-refractivity contribution in [3.8, 4) is 0 Å². The quantitative estimate of drug-likeness (QED) is 0.922. The van der Waals surface area contributed by atoms with Gasteiger partial charge < -0.3 is 4.90 Å². The standard InChI is InChI=1S/C16H24N2OS/c1-10(2)13-15(19)18(16(3,4)12-5-6-12)14(17-13)11-7-8-20-9-11/h7-10,12-14,17H,5-6H2,1-4H3. The van der Waals surface area contributed by atoms with Crippen LogP contribution in [-0.4, -0.2) is 22.4 Å². The molecule has 4 heteroatoms. The summed E-state index contributed by atoms with van der Waals surface area (Å²) in [5, 5.41) is 7.81. The van der Waals surface area contributed by atoms with Crippen LogP contribution in [0.5, 0.6) is 0 Å². The minimum atomic E-state index is -0.0575. The first-order valence-corrected chi connectivity index (χ1v) is 8.48. The SMILES string of the molecule is CC(C)C1NC(c2ccsc2)N(C(C)(C)C2CC2)C1=O. The van der Waals surface area contributed by atoms with Crippen molar-refractivity contribution in [1.29, 1.82) is 0 Å². The highest BCUT2D eigenvalue weighted by atomic mass is 32.1. The van der Waals surface area contributed by atoms with E-state index in [1.54, 1.807) is 11.3 Å². The second kappa shape index (κ2) is 4.85. The van der Waals surface area contributed by atoms with Gasteiger partial charge in [0.15, 0.2) is 0 Å². The van der Waals surface area contributed by atoms with E-state index in [-0.39, 0.29) is 23.7 Å². The van der Waals surface area contributed by atoms with E-state index in [2.05, 4.69) is 54.7 Å². The number of rotatable bonds is 4. The first-order chi connectivity index (χ1) is 9.43. The Labute approximate surface area is 125 Å². The fourth-order valence-electron chi connectivity index (χ4n) is 3.35. The molecule has 20 heavy (non-hydrogen) atoms. The molecule has 1 aromatic heterocycles. The van der Waals surface area contributed by atoms with E-state index in [9.17, 15) is 4.79 Å². The molecule has 3 rings (SSSR count). The molecule has 110 valence electrons. The summed E-state index contributed by atoms with van der Waals surface area (Å²) in [6, 6.07) is 2.08. The molecule has 2 atom stereocenters. The van der Waals surface area contributed by atoms with Crippen LogP contribution in [-0.2, 0) is 4.79 Å². The van der Waals surface area contributed by atoms with Crippen molar-refractivity contribution in [2.24, 2.45) is 11.8 Å². The topological polar surface area (TPSA) is 32.3 Å². The number of carbonyl (C=O) groups excluding carboxylic acids is 1. The Morgan fingerprint density at radius 1 is 1.40 bits per heavy atom. The molecule has 2 unspecified atom stereocenters. The minimum Gasteiger partial charge on any atom is -0.316 e. The largest absolute Gasteiger partial charge is 0.316 e. The summed E-state index contributed by atoms with van der Waals surface area (Å²) in [6.45, 7) is 8.69. The number of carbonyl (C=O) groups is 1. The van der Waals surface area contributed by atoms with E-state index in [1.807, 2.05) is 0 Å². The Kier molecular flexibility index (Phi) is 3.41. The molecule has 1 saturated carbocycles. The summed E-state index contributed by atoms with van der Waals surface area (Å²) in [7, 11) is 0. The fraction of sp³-hybridized carbons (Fsp3) is 0.688. The summed E-state index contributed by atoms with van der Waals surface area (Å²) in [6.07, 6.45) is 2.54. The summed E-state index contributed by atoms with van der Waals surface area (Å²) in [4.78, 5) is 15.0. The van der Waals surface area contributed by atoms with Gasteiger partial charge in [0.25, 0.3) is 0 Å². The van der Waals surface area contributed by atoms with E-state index in [1.165, 1.54) is 18.4 Å². The van der Waals surface area contributed by atoms with Gasteiger partial charge in [-0.15, -0.1) is 0 Å². The molecule has 0 spiro atoms. The molecule has 1 N–H and O–H groups in total. The van der Waals surface area contributed by atoms with Crippen molar-refractivity contribution in [1.82, 2.24) is 10.2 Å². The molecular weight excluding hydrogens is 268 g/mol. The third kappa shape index (κ3) is 2.19. The molecule has 1 aromatic rings. The van der Waals surface area contributed by atoms with Crippen molar-refractivity contribution >= 4 is 17.2 Å². The van der Waals surface area contributed by atoms with Crippen LogP contribution < -0.4 is 5.32 Å². The number of amides is 1. The van der Waals surface area contributed by atoms with Crippen LogP contribution in [0.25, 0.3) is 0 Å². The predicted octanol–water partition coefficient (Wildman–Crippen LogP) is 3.39. The van der Waals surface area contributed by atoms with Gasteiger partial charge in [-0.25, -0.2) is 0 Å².